The smallest absolute Gasteiger partial charge is 0.202 e. The van der Waals surface area contributed by atoms with Crippen LogP contribution in [0.1, 0.15) is 35.4 Å². The second-order valence-electron chi connectivity index (χ2n) is 8.26. The third-order valence-corrected chi connectivity index (χ3v) is 6.49. The number of thiophene rings is 1. The summed E-state index contributed by atoms with van der Waals surface area (Å²) < 4.78 is 5.25. The summed E-state index contributed by atoms with van der Waals surface area (Å²) in [4.78, 5) is 21.2. The summed E-state index contributed by atoms with van der Waals surface area (Å²) in [7, 11) is 2.04. The first-order valence-electron chi connectivity index (χ1n) is 11.2. The van der Waals surface area contributed by atoms with Gasteiger partial charge in [0.25, 0.3) is 0 Å². The highest BCUT2D eigenvalue weighted by Gasteiger charge is 2.18. The minimum Gasteiger partial charge on any atom is -0.472 e. The number of nitrogens with one attached hydrogen (secondary N) is 4. The third-order valence-electron chi connectivity index (χ3n) is 5.47. The maximum absolute atomic E-state index is 5.80. The Labute approximate surface area is 203 Å². The SMILES string of the molecule is Cc1cocc1CNC1=NC(C)N=C(N(C)CCc2sccc2CNC2=NC(C)N=C(N)N2)N1. The van der Waals surface area contributed by atoms with Crippen LogP contribution in [0, 0.1) is 6.92 Å². The van der Waals surface area contributed by atoms with Crippen LogP contribution in [0.5, 0.6) is 0 Å². The molecule has 0 aromatic carbocycles. The molecule has 11 nitrogen and oxygen atoms in total. The van der Waals surface area contributed by atoms with E-state index in [0.717, 1.165) is 30.1 Å². The molecule has 0 fully saturated rings. The van der Waals surface area contributed by atoms with E-state index in [0.29, 0.717) is 31.0 Å². The molecule has 12 heteroatoms. The summed E-state index contributed by atoms with van der Waals surface area (Å²) in [6, 6.07) is 2.14. The fourth-order valence-electron chi connectivity index (χ4n) is 3.58. The molecule has 2 aliphatic heterocycles. The van der Waals surface area contributed by atoms with E-state index in [1.807, 2.05) is 27.8 Å². The summed E-state index contributed by atoms with van der Waals surface area (Å²) in [5.74, 6) is 2.54. The van der Waals surface area contributed by atoms with Crippen molar-refractivity contribution < 1.29 is 4.42 Å². The van der Waals surface area contributed by atoms with Gasteiger partial charge in [0.1, 0.15) is 12.3 Å². The molecule has 0 spiro atoms. The second kappa shape index (κ2) is 10.6. The summed E-state index contributed by atoms with van der Waals surface area (Å²) in [6.07, 6.45) is 4.05. The molecule has 2 aromatic rings. The molecule has 2 atom stereocenters. The standard InChI is InChI=1S/C22H32N10OS/c1-13-11-33-12-17(13)10-25-21-28-15(3)29-22(31-21)32(4)7-5-18-16(6-8-34-18)9-24-20-27-14(2)26-19(23)30-20/h6,8,11-12,14-15H,5,7,9-10H2,1-4H3,(H2,25,28,29,31)(H4,23,24,26,27,30). The molecule has 6 N–H and O–H groups in total. The lowest BCUT2D eigenvalue weighted by Crippen LogP contribution is -2.50. The van der Waals surface area contributed by atoms with Gasteiger partial charge in [-0.05, 0) is 49.8 Å². The highest BCUT2D eigenvalue weighted by atomic mass is 32.1. The van der Waals surface area contributed by atoms with Crippen LogP contribution in [0.4, 0.5) is 0 Å². The number of aliphatic imine (C=N–C) groups is 4. The Bertz CT molecular complexity index is 1110. The lowest BCUT2D eigenvalue weighted by molar-refractivity contribution is 0.486. The number of hydrogen-bond donors (Lipinski definition) is 5. The minimum atomic E-state index is -0.183. The fourth-order valence-corrected chi connectivity index (χ4v) is 4.48. The first-order chi connectivity index (χ1) is 16.4. The maximum atomic E-state index is 5.80. The molecule has 0 saturated carbocycles. The Hall–Kier alpha value is -3.54. The highest BCUT2D eigenvalue weighted by molar-refractivity contribution is 7.10. The minimum absolute atomic E-state index is 0.157. The van der Waals surface area contributed by atoms with Crippen LogP contribution < -0.4 is 27.0 Å². The molecule has 0 aliphatic carbocycles. The van der Waals surface area contributed by atoms with Gasteiger partial charge in [0.2, 0.25) is 17.9 Å². The molecule has 182 valence electrons. The summed E-state index contributed by atoms with van der Waals surface area (Å²) in [6.45, 7) is 8.02. The summed E-state index contributed by atoms with van der Waals surface area (Å²) >= 11 is 1.75. The quantitative estimate of drug-likeness (QED) is 0.399. The Kier molecular flexibility index (Phi) is 7.36. The van der Waals surface area contributed by atoms with Crippen molar-refractivity contribution in [2.45, 2.75) is 52.6 Å². The number of hydrogen-bond acceptors (Lipinski definition) is 12. The maximum Gasteiger partial charge on any atom is 0.202 e. The van der Waals surface area contributed by atoms with Gasteiger partial charge in [-0.1, -0.05) is 0 Å². The molecule has 4 rings (SSSR count). The molecular formula is C22H32N10OS. The number of furan rings is 1. The molecule has 0 bridgehead atoms. The van der Waals surface area contributed by atoms with Crippen molar-refractivity contribution in [3.8, 4) is 0 Å². The van der Waals surface area contributed by atoms with Crippen LogP contribution in [-0.4, -0.2) is 54.7 Å². The van der Waals surface area contributed by atoms with Crippen molar-refractivity contribution in [1.29, 1.82) is 0 Å². The molecule has 2 aliphatic rings. The highest BCUT2D eigenvalue weighted by Crippen LogP contribution is 2.18. The first kappa shape index (κ1) is 23.6. The average molecular weight is 485 g/mol. The molecule has 2 unspecified atom stereocenters. The lowest BCUT2D eigenvalue weighted by Gasteiger charge is -2.27. The lowest BCUT2D eigenvalue weighted by atomic mass is 10.2. The summed E-state index contributed by atoms with van der Waals surface area (Å²) in [5.41, 5.74) is 9.25. The van der Waals surface area contributed by atoms with E-state index < -0.39 is 0 Å². The predicted molar refractivity (Wildman–Crippen MR) is 137 cm³/mol. The number of rotatable bonds is 7. The van der Waals surface area contributed by atoms with Crippen LogP contribution >= 0.6 is 11.3 Å². The molecule has 4 heterocycles. The number of aryl methyl sites for hydroxylation is 1. The van der Waals surface area contributed by atoms with Gasteiger partial charge in [-0.15, -0.1) is 11.3 Å². The average Bonchev–Trinajstić information content (AvgIpc) is 3.41. The van der Waals surface area contributed by atoms with Gasteiger partial charge in [-0.2, -0.15) is 0 Å². The topological polar surface area (TPSA) is 140 Å². The molecular weight excluding hydrogens is 452 g/mol. The number of nitrogens with two attached hydrogens (primary N) is 1. The molecule has 0 amide bonds. The van der Waals surface area contributed by atoms with E-state index in [4.69, 9.17) is 10.2 Å². The van der Waals surface area contributed by atoms with Crippen molar-refractivity contribution in [2.75, 3.05) is 13.6 Å². The Balaban J connectivity index is 1.28. The van der Waals surface area contributed by atoms with Gasteiger partial charge in [-0.25, -0.2) is 20.0 Å². The third kappa shape index (κ3) is 6.07. The number of likely N-dealkylation sites (N-methyl/N-ethyl adjacent to an activating group) is 1. The predicted octanol–water partition coefficient (Wildman–Crippen LogP) is 1.28. The van der Waals surface area contributed by atoms with Gasteiger partial charge in [0.05, 0.1) is 12.5 Å². The zero-order valence-electron chi connectivity index (χ0n) is 19.9. The Morgan fingerprint density at radius 3 is 2.44 bits per heavy atom. The van der Waals surface area contributed by atoms with Crippen molar-refractivity contribution in [3.63, 3.8) is 0 Å². The van der Waals surface area contributed by atoms with E-state index in [1.165, 1.54) is 10.4 Å². The first-order valence-corrected chi connectivity index (χ1v) is 12.1. The molecule has 2 aromatic heterocycles. The number of guanidine groups is 4. The van der Waals surface area contributed by atoms with Crippen LogP contribution in [0.15, 0.2) is 48.4 Å². The zero-order valence-corrected chi connectivity index (χ0v) is 20.7. The van der Waals surface area contributed by atoms with E-state index >= 15 is 0 Å². The van der Waals surface area contributed by atoms with Gasteiger partial charge in [0, 0.05) is 37.1 Å². The van der Waals surface area contributed by atoms with Crippen LogP contribution in [-0.2, 0) is 19.5 Å². The summed E-state index contributed by atoms with van der Waals surface area (Å²) in [5, 5.41) is 15.1. The second-order valence-corrected chi connectivity index (χ2v) is 9.26. The van der Waals surface area contributed by atoms with Crippen molar-refractivity contribution in [3.05, 3.63) is 45.5 Å². The van der Waals surface area contributed by atoms with Gasteiger partial charge in [0.15, 0.2) is 5.96 Å². The largest absolute Gasteiger partial charge is 0.472 e. The molecule has 0 saturated heterocycles. The van der Waals surface area contributed by atoms with Crippen molar-refractivity contribution >= 4 is 35.2 Å². The molecule has 0 radical (unpaired) electrons. The van der Waals surface area contributed by atoms with E-state index in [9.17, 15) is 0 Å². The van der Waals surface area contributed by atoms with Crippen molar-refractivity contribution in [1.82, 2.24) is 26.2 Å². The van der Waals surface area contributed by atoms with E-state index in [2.05, 4.69) is 57.6 Å². The van der Waals surface area contributed by atoms with E-state index in [-0.39, 0.29) is 12.3 Å². The van der Waals surface area contributed by atoms with Crippen LogP contribution in [0.2, 0.25) is 0 Å². The monoisotopic (exact) mass is 484 g/mol. The van der Waals surface area contributed by atoms with E-state index in [1.54, 1.807) is 23.9 Å². The van der Waals surface area contributed by atoms with Gasteiger partial charge in [-0.3, -0.25) is 10.6 Å². The normalized spacial score (nSPS) is 19.8. The Morgan fingerprint density at radius 1 is 1.03 bits per heavy atom. The molecule has 34 heavy (non-hydrogen) atoms. The van der Waals surface area contributed by atoms with Crippen LogP contribution in [0.3, 0.4) is 0 Å². The Morgan fingerprint density at radius 2 is 1.74 bits per heavy atom. The number of nitrogens with zero attached hydrogens (tertiary/aromatic N) is 5. The van der Waals surface area contributed by atoms with Crippen molar-refractivity contribution in [2.24, 2.45) is 25.7 Å². The van der Waals surface area contributed by atoms with Gasteiger partial charge < -0.3 is 25.7 Å². The van der Waals surface area contributed by atoms with Gasteiger partial charge >= 0.3 is 0 Å². The zero-order chi connectivity index (χ0) is 24.1. The fraction of sp³-hybridized carbons (Fsp3) is 0.455. The van der Waals surface area contributed by atoms with Crippen LogP contribution in [0.25, 0.3) is 0 Å².